The van der Waals surface area contributed by atoms with Gasteiger partial charge in [-0.25, -0.2) is 8.42 Å². The number of carboxylic acid groups (broad SMARTS) is 1. The Hall–Kier alpha value is -0.580. The minimum atomic E-state index is -3.08. The van der Waals surface area contributed by atoms with Crippen LogP contribution < -0.4 is 0 Å². The van der Waals surface area contributed by atoms with Gasteiger partial charge in [0.2, 0.25) is 0 Å². The predicted octanol–water partition coefficient (Wildman–Crippen LogP) is 0.286. The standard InChI is InChI=1S/C8H12O4S/c9-7(10)8(6-1-2-6)3-4-13(11,12)5-8/h6H,1-5H2,(H,9,10). The van der Waals surface area contributed by atoms with Crippen molar-refractivity contribution in [1.29, 1.82) is 0 Å². The minimum Gasteiger partial charge on any atom is -0.481 e. The molecule has 1 unspecified atom stereocenters. The molecule has 0 bridgehead atoms. The molecule has 1 saturated heterocycles. The molecule has 0 aromatic heterocycles. The maximum Gasteiger partial charge on any atom is 0.310 e. The number of hydrogen-bond acceptors (Lipinski definition) is 3. The van der Waals surface area contributed by atoms with Crippen LogP contribution in [0.1, 0.15) is 19.3 Å². The van der Waals surface area contributed by atoms with E-state index in [2.05, 4.69) is 0 Å². The Bertz CT molecular complexity index is 341. The van der Waals surface area contributed by atoms with Gasteiger partial charge >= 0.3 is 5.97 Å². The summed E-state index contributed by atoms with van der Waals surface area (Å²) in [6.07, 6.45) is 2.07. The van der Waals surface area contributed by atoms with Gasteiger partial charge in [0.05, 0.1) is 16.9 Å². The first-order valence-electron chi connectivity index (χ1n) is 4.40. The Morgan fingerprint density at radius 1 is 1.38 bits per heavy atom. The second kappa shape index (κ2) is 2.47. The van der Waals surface area contributed by atoms with Crippen LogP contribution in [0.2, 0.25) is 0 Å². The maximum atomic E-state index is 11.2. The molecule has 0 aromatic carbocycles. The number of carboxylic acids is 1. The van der Waals surface area contributed by atoms with Gasteiger partial charge in [-0.1, -0.05) is 0 Å². The van der Waals surface area contributed by atoms with E-state index < -0.39 is 21.2 Å². The lowest BCUT2D eigenvalue weighted by Gasteiger charge is -2.21. The van der Waals surface area contributed by atoms with Crippen LogP contribution in [0.4, 0.5) is 0 Å². The number of sulfone groups is 1. The highest BCUT2D eigenvalue weighted by Gasteiger charge is 2.56. The molecule has 1 aliphatic carbocycles. The fourth-order valence-corrected chi connectivity index (χ4v) is 4.28. The van der Waals surface area contributed by atoms with Gasteiger partial charge in [-0.05, 0) is 25.2 Å². The molecule has 1 atom stereocenters. The zero-order chi connectivity index (χ0) is 9.69. The van der Waals surface area contributed by atoms with E-state index >= 15 is 0 Å². The molecule has 0 amide bonds. The largest absolute Gasteiger partial charge is 0.481 e. The topological polar surface area (TPSA) is 71.4 Å². The van der Waals surface area contributed by atoms with E-state index in [1.807, 2.05) is 0 Å². The normalized spacial score (nSPS) is 37.5. The molecule has 0 spiro atoms. The van der Waals surface area contributed by atoms with Crippen molar-refractivity contribution in [3.63, 3.8) is 0 Å². The average Bonchev–Trinajstić information content (AvgIpc) is 2.77. The fourth-order valence-electron chi connectivity index (χ4n) is 2.18. The molecule has 1 heterocycles. The van der Waals surface area contributed by atoms with Gasteiger partial charge in [-0.2, -0.15) is 0 Å². The van der Waals surface area contributed by atoms with Crippen molar-refractivity contribution in [2.75, 3.05) is 11.5 Å². The second-order valence-electron chi connectivity index (χ2n) is 4.08. The molecule has 5 heteroatoms. The average molecular weight is 204 g/mol. The predicted molar refractivity (Wildman–Crippen MR) is 46.1 cm³/mol. The van der Waals surface area contributed by atoms with E-state index in [1.165, 1.54) is 0 Å². The summed E-state index contributed by atoms with van der Waals surface area (Å²) >= 11 is 0. The molecule has 74 valence electrons. The third-order valence-corrected chi connectivity index (χ3v) is 4.90. The summed E-state index contributed by atoms with van der Waals surface area (Å²) in [5.74, 6) is -0.895. The van der Waals surface area contributed by atoms with Gasteiger partial charge in [0.15, 0.2) is 9.84 Å². The lowest BCUT2D eigenvalue weighted by atomic mass is 9.82. The van der Waals surface area contributed by atoms with Crippen LogP contribution in [0.5, 0.6) is 0 Å². The van der Waals surface area contributed by atoms with Gasteiger partial charge in [0, 0.05) is 0 Å². The monoisotopic (exact) mass is 204 g/mol. The van der Waals surface area contributed by atoms with Gasteiger partial charge < -0.3 is 5.11 Å². The van der Waals surface area contributed by atoms with Crippen LogP contribution in [-0.4, -0.2) is 31.0 Å². The highest BCUT2D eigenvalue weighted by atomic mass is 32.2. The molecular formula is C8H12O4S. The Kier molecular flexibility index (Phi) is 1.71. The van der Waals surface area contributed by atoms with Crippen molar-refractivity contribution in [3.8, 4) is 0 Å². The van der Waals surface area contributed by atoms with E-state index in [0.29, 0.717) is 6.42 Å². The van der Waals surface area contributed by atoms with E-state index in [1.54, 1.807) is 0 Å². The van der Waals surface area contributed by atoms with E-state index in [0.717, 1.165) is 12.8 Å². The van der Waals surface area contributed by atoms with Crippen molar-refractivity contribution < 1.29 is 18.3 Å². The van der Waals surface area contributed by atoms with E-state index in [-0.39, 0.29) is 17.4 Å². The maximum absolute atomic E-state index is 11.2. The van der Waals surface area contributed by atoms with Crippen molar-refractivity contribution >= 4 is 15.8 Å². The van der Waals surface area contributed by atoms with Crippen molar-refractivity contribution in [1.82, 2.24) is 0 Å². The van der Waals surface area contributed by atoms with Gasteiger partial charge in [-0.3, -0.25) is 4.79 Å². The van der Waals surface area contributed by atoms with Gasteiger partial charge in [-0.15, -0.1) is 0 Å². The van der Waals surface area contributed by atoms with E-state index in [9.17, 15) is 13.2 Å². The molecule has 0 radical (unpaired) electrons. The summed E-state index contributed by atoms with van der Waals surface area (Å²) in [7, 11) is -3.08. The highest BCUT2D eigenvalue weighted by Crippen LogP contribution is 2.51. The van der Waals surface area contributed by atoms with Crippen LogP contribution in [-0.2, 0) is 14.6 Å². The smallest absolute Gasteiger partial charge is 0.310 e. The zero-order valence-electron chi connectivity index (χ0n) is 7.19. The van der Waals surface area contributed by atoms with Crippen molar-refractivity contribution in [2.24, 2.45) is 11.3 Å². The Morgan fingerprint density at radius 2 is 2.00 bits per heavy atom. The SMILES string of the molecule is O=C(O)C1(C2CC2)CCS(=O)(=O)C1. The summed E-state index contributed by atoms with van der Waals surface area (Å²) in [6.45, 7) is 0. The molecule has 2 rings (SSSR count). The summed E-state index contributed by atoms with van der Waals surface area (Å²) in [5, 5.41) is 9.04. The van der Waals surface area contributed by atoms with E-state index in [4.69, 9.17) is 5.11 Å². The lowest BCUT2D eigenvalue weighted by molar-refractivity contribution is -0.148. The molecule has 2 aliphatic rings. The lowest BCUT2D eigenvalue weighted by Crippen LogP contribution is -2.34. The first-order chi connectivity index (χ1) is 5.96. The number of hydrogen-bond donors (Lipinski definition) is 1. The number of aliphatic carboxylic acids is 1. The quantitative estimate of drug-likeness (QED) is 0.701. The molecular weight excluding hydrogens is 192 g/mol. The molecule has 1 N–H and O–H groups in total. The second-order valence-corrected chi connectivity index (χ2v) is 6.26. The minimum absolute atomic E-state index is 0.0514. The molecule has 4 nitrogen and oxygen atoms in total. The third kappa shape index (κ3) is 1.35. The first kappa shape index (κ1) is 8.99. The zero-order valence-corrected chi connectivity index (χ0v) is 8.01. The summed E-state index contributed by atoms with van der Waals surface area (Å²) in [5.41, 5.74) is -0.932. The number of carbonyl (C=O) groups is 1. The molecule has 13 heavy (non-hydrogen) atoms. The highest BCUT2D eigenvalue weighted by molar-refractivity contribution is 7.91. The van der Waals surface area contributed by atoms with Crippen molar-refractivity contribution in [3.05, 3.63) is 0 Å². The molecule has 1 aliphatic heterocycles. The van der Waals surface area contributed by atoms with Crippen LogP contribution >= 0.6 is 0 Å². The summed E-state index contributed by atoms with van der Waals surface area (Å²) in [4.78, 5) is 11.0. The summed E-state index contributed by atoms with van der Waals surface area (Å²) < 4.78 is 22.4. The molecule has 0 aromatic rings. The first-order valence-corrected chi connectivity index (χ1v) is 6.22. The van der Waals surface area contributed by atoms with Gasteiger partial charge in [0.25, 0.3) is 0 Å². The molecule has 2 fully saturated rings. The fraction of sp³-hybridized carbons (Fsp3) is 0.875. The Balaban J connectivity index is 2.31. The van der Waals surface area contributed by atoms with Gasteiger partial charge in [0.1, 0.15) is 0 Å². The molecule has 1 saturated carbocycles. The Labute approximate surface area is 76.9 Å². The van der Waals surface area contributed by atoms with Crippen molar-refractivity contribution in [2.45, 2.75) is 19.3 Å². The van der Waals surface area contributed by atoms with Crippen LogP contribution in [0.15, 0.2) is 0 Å². The summed E-state index contributed by atoms with van der Waals surface area (Å²) in [6, 6.07) is 0. The Morgan fingerprint density at radius 3 is 2.31 bits per heavy atom. The third-order valence-electron chi connectivity index (χ3n) is 3.12. The van der Waals surface area contributed by atoms with Crippen LogP contribution in [0.25, 0.3) is 0 Å². The number of rotatable bonds is 2. The van der Waals surface area contributed by atoms with Crippen LogP contribution in [0.3, 0.4) is 0 Å². The van der Waals surface area contributed by atoms with Crippen LogP contribution in [0, 0.1) is 11.3 Å².